The number of nitrogens with zero attached hydrogens (tertiary/aromatic N) is 2. The highest BCUT2D eigenvalue weighted by Gasteiger charge is 2.33. The summed E-state index contributed by atoms with van der Waals surface area (Å²) in [5.41, 5.74) is 0.234. The highest BCUT2D eigenvalue weighted by Crippen LogP contribution is 2.33. The first-order chi connectivity index (χ1) is 10.5. The number of aromatic nitrogens is 2. The molecule has 1 atom stereocenters. The SMILES string of the molecule is OCC1CCCn2cc(Cc3ccccc3C(F)(F)F)nc21. The van der Waals surface area contributed by atoms with Crippen molar-refractivity contribution in [2.24, 2.45) is 0 Å². The lowest BCUT2D eigenvalue weighted by Crippen LogP contribution is -2.18. The van der Waals surface area contributed by atoms with Crippen molar-refractivity contribution in [2.45, 2.75) is 37.9 Å². The van der Waals surface area contributed by atoms with Gasteiger partial charge in [0.1, 0.15) is 5.82 Å². The van der Waals surface area contributed by atoms with E-state index in [-0.39, 0.29) is 24.5 Å². The van der Waals surface area contributed by atoms with E-state index in [0.717, 1.165) is 31.3 Å². The van der Waals surface area contributed by atoms with Gasteiger partial charge in [-0.3, -0.25) is 0 Å². The minimum Gasteiger partial charge on any atom is -0.396 e. The van der Waals surface area contributed by atoms with Crippen molar-refractivity contribution in [3.63, 3.8) is 0 Å². The predicted octanol–water partition coefficient (Wildman–Crippen LogP) is 3.36. The molecule has 1 unspecified atom stereocenters. The van der Waals surface area contributed by atoms with E-state index in [4.69, 9.17) is 0 Å². The molecule has 1 aromatic carbocycles. The number of aliphatic hydroxyl groups is 1. The first-order valence-electron chi connectivity index (χ1n) is 7.31. The van der Waals surface area contributed by atoms with Crippen molar-refractivity contribution >= 4 is 0 Å². The van der Waals surface area contributed by atoms with Crippen LogP contribution in [-0.4, -0.2) is 21.3 Å². The minimum atomic E-state index is -4.36. The van der Waals surface area contributed by atoms with E-state index in [1.54, 1.807) is 6.07 Å². The summed E-state index contributed by atoms with van der Waals surface area (Å²) in [4.78, 5) is 4.46. The molecule has 3 nitrogen and oxygen atoms in total. The van der Waals surface area contributed by atoms with Gasteiger partial charge in [0.15, 0.2) is 0 Å². The van der Waals surface area contributed by atoms with Gasteiger partial charge >= 0.3 is 6.18 Å². The van der Waals surface area contributed by atoms with Crippen LogP contribution < -0.4 is 0 Å². The number of alkyl halides is 3. The van der Waals surface area contributed by atoms with Crippen molar-refractivity contribution in [1.29, 1.82) is 0 Å². The van der Waals surface area contributed by atoms with Crippen molar-refractivity contribution in [3.8, 4) is 0 Å². The van der Waals surface area contributed by atoms with Crippen LogP contribution in [0.5, 0.6) is 0 Å². The molecule has 0 radical (unpaired) electrons. The van der Waals surface area contributed by atoms with E-state index >= 15 is 0 Å². The average molecular weight is 310 g/mol. The maximum atomic E-state index is 13.0. The zero-order valence-electron chi connectivity index (χ0n) is 12.0. The van der Waals surface area contributed by atoms with Gasteiger partial charge < -0.3 is 9.67 Å². The first kappa shape index (κ1) is 15.1. The van der Waals surface area contributed by atoms with Gasteiger partial charge in [-0.15, -0.1) is 0 Å². The Morgan fingerprint density at radius 1 is 1.27 bits per heavy atom. The summed E-state index contributed by atoms with van der Waals surface area (Å²) in [5.74, 6) is 0.772. The summed E-state index contributed by atoms with van der Waals surface area (Å²) in [5, 5.41) is 9.39. The first-order valence-corrected chi connectivity index (χ1v) is 7.31. The second kappa shape index (κ2) is 5.76. The number of halogens is 3. The van der Waals surface area contributed by atoms with Crippen LogP contribution in [0.1, 0.15) is 41.4 Å². The highest BCUT2D eigenvalue weighted by molar-refractivity contribution is 5.33. The number of aliphatic hydroxyl groups excluding tert-OH is 1. The lowest BCUT2D eigenvalue weighted by molar-refractivity contribution is -0.138. The molecule has 0 aliphatic carbocycles. The Morgan fingerprint density at radius 3 is 2.77 bits per heavy atom. The molecular formula is C16H17F3N2O. The molecule has 2 aromatic rings. The quantitative estimate of drug-likeness (QED) is 0.944. The third-order valence-corrected chi connectivity index (χ3v) is 4.09. The van der Waals surface area contributed by atoms with Crippen LogP contribution >= 0.6 is 0 Å². The normalized spacial score (nSPS) is 18.3. The van der Waals surface area contributed by atoms with E-state index in [9.17, 15) is 18.3 Å². The van der Waals surface area contributed by atoms with Gasteiger partial charge in [0, 0.05) is 25.1 Å². The Hall–Kier alpha value is -1.82. The van der Waals surface area contributed by atoms with E-state index in [1.165, 1.54) is 12.1 Å². The Balaban J connectivity index is 1.91. The van der Waals surface area contributed by atoms with Crippen LogP contribution in [0.4, 0.5) is 13.2 Å². The molecule has 0 fully saturated rings. The van der Waals surface area contributed by atoms with Crippen molar-refractivity contribution < 1.29 is 18.3 Å². The van der Waals surface area contributed by atoms with Crippen LogP contribution in [0, 0.1) is 0 Å². The zero-order valence-corrected chi connectivity index (χ0v) is 12.0. The molecule has 0 bridgehead atoms. The molecule has 0 spiro atoms. The van der Waals surface area contributed by atoms with Gasteiger partial charge in [0.2, 0.25) is 0 Å². The number of benzene rings is 1. The summed E-state index contributed by atoms with van der Waals surface area (Å²) < 4.78 is 41.1. The summed E-state index contributed by atoms with van der Waals surface area (Å²) in [7, 11) is 0. The number of aryl methyl sites for hydroxylation is 1. The average Bonchev–Trinajstić information content (AvgIpc) is 2.88. The number of hydrogen-bond donors (Lipinski definition) is 1. The summed E-state index contributed by atoms with van der Waals surface area (Å²) in [6.45, 7) is 0.829. The molecule has 0 amide bonds. The molecule has 6 heteroatoms. The number of imidazole rings is 1. The third kappa shape index (κ3) is 2.88. The number of fused-ring (bicyclic) bond motifs is 1. The van der Waals surface area contributed by atoms with Gasteiger partial charge in [-0.05, 0) is 24.5 Å². The second-order valence-electron chi connectivity index (χ2n) is 5.64. The molecular weight excluding hydrogens is 293 g/mol. The maximum Gasteiger partial charge on any atom is 0.416 e. The Bertz CT molecular complexity index is 664. The molecule has 1 aromatic heterocycles. The van der Waals surface area contributed by atoms with Gasteiger partial charge in [-0.1, -0.05) is 18.2 Å². The monoisotopic (exact) mass is 310 g/mol. The molecule has 2 heterocycles. The van der Waals surface area contributed by atoms with Crippen LogP contribution in [0.3, 0.4) is 0 Å². The van der Waals surface area contributed by atoms with Crippen LogP contribution in [-0.2, 0) is 19.1 Å². The fraction of sp³-hybridized carbons (Fsp3) is 0.438. The topological polar surface area (TPSA) is 38.0 Å². The Morgan fingerprint density at radius 2 is 2.05 bits per heavy atom. The molecule has 1 aliphatic heterocycles. The summed E-state index contributed by atoms with van der Waals surface area (Å²) in [6, 6.07) is 5.59. The summed E-state index contributed by atoms with van der Waals surface area (Å²) >= 11 is 0. The van der Waals surface area contributed by atoms with Crippen LogP contribution in [0.25, 0.3) is 0 Å². The van der Waals surface area contributed by atoms with Gasteiger partial charge in [-0.25, -0.2) is 4.98 Å². The zero-order chi connectivity index (χ0) is 15.7. The molecule has 1 N–H and O–H groups in total. The standard InChI is InChI=1S/C16H17F3N2O/c17-16(18,19)14-6-2-1-4-11(14)8-13-9-21-7-3-5-12(10-22)15(21)20-13/h1-2,4,6,9,12,22H,3,5,7-8,10H2. The van der Waals surface area contributed by atoms with E-state index in [2.05, 4.69) is 4.98 Å². The number of hydrogen-bond acceptors (Lipinski definition) is 2. The smallest absolute Gasteiger partial charge is 0.396 e. The Labute approximate surface area is 126 Å². The van der Waals surface area contributed by atoms with E-state index in [1.807, 2.05) is 10.8 Å². The van der Waals surface area contributed by atoms with Crippen LogP contribution in [0.2, 0.25) is 0 Å². The van der Waals surface area contributed by atoms with Gasteiger partial charge in [0.05, 0.1) is 17.9 Å². The van der Waals surface area contributed by atoms with Gasteiger partial charge in [-0.2, -0.15) is 13.2 Å². The highest BCUT2D eigenvalue weighted by atomic mass is 19.4. The molecule has 118 valence electrons. The van der Waals surface area contributed by atoms with Gasteiger partial charge in [0.25, 0.3) is 0 Å². The predicted molar refractivity (Wildman–Crippen MR) is 75.5 cm³/mol. The Kier molecular flexibility index (Phi) is 3.95. The van der Waals surface area contributed by atoms with Crippen molar-refractivity contribution in [3.05, 3.63) is 53.1 Å². The van der Waals surface area contributed by atoms with E-state index in [0.29, 0.717) is 5.69 Å². The fourth-order valence-corrected chi connectivity index (χ4v) is 3.03. The lowest BCUT2D eigenvalue weighted by atomic mass is 10.0. The molecule has 0 saturated heterocycles. The van der Waals surface area contributed by atoms with Crippen LogP contribution in [0.15, 0.2) is 30.5 Å². The van der Waals surface area contributed by atoms with E-state index < -0.39 is 11.7 Å². The summed E-state index contributed by atoms with van der Waals surface area (Å²) in [6.07, 6.45) is -0.582. The third-order valence-electron chi connectivity index (χ3n) is 4.09. The minimum absolute atomic E-state index is 0.0136. The lowest BCUT2D eigenvalue weighted by Gasteiger charge is -2.21. The number of rotatable bonds is 3. The molecule has 0 saturated carbocycles. The van der Waals surface area contributed by atoms with Crippen molar-refractivity contribution in [2.75, 3.05) is 6.61 Å². The van der Waals surface area contributed by atoms with Crippen molar-refractivity contribution in [1.82, 2.24) is 9.55 Å². The molecule has 22 heavy (non-hydrogen) atoms. The maximum absolute atomic E-state index is 13.0. The molecule has 3 rings (SSSR count). The fourth-order valence-electron chi connectivity index (χ4n) is 3.03. The largest absolute Gasteiger partial charge is 0.416 e. The second-order valence-corrected chi connectivity index (χ2v) is 5.64. The molecule has 1 aliphatic rings.